The van der Waals surface area contributed by atoms with Gasteiger partial charge in [-0.15, -0.1) is 0 Å². The van der Waals surface area contributed by atoms with Crippen molar-refractivity contribution in [3.8, 4) is 0 Å². The third kappa shape index (κ3) is 4.24. The second-order valence-corrected chi connectivity index (χ2v) is 12.1. The molecule has 0 aromatic heterocycles. The van der Waals surface area contributed by atoms with E-state index in [9.17, 15) is 19.8 Å². The quantitative estimate of drug-likeness (QED) is 0.405. The molecule has 1 spiro atoms. The van der Waals surface area contributed by atoms with Crippen LogP contribution in [-0.2, 0) is 23.7 Å². The van der Waals surface area contributed by atoms with Crippen LogP contribution in [0.5, 0.6) is 0 Å². The first kappa shape index (κ1) is 28.3. The number of carbonyl (C=O) groups is 2. The van der Waals surface area contributed by atoms with Gasteiger partial charge < -0.3 is 29.2 Å². The highest BCUT2D eigenvalue weighted by Crippen LogP contribution is 2.68. The first-order chi connectivity index (χ1) is 18.8. The maximum absolute atomic E-state index is 13.6. The van der Waals surface area contributed by atoms with Gasteiger partial charge in [-0.1, -0.05) is 48.5 Å². The van der Waals surface area contributed by atoms with Crippen molar-refractivity contribution in [3.63, 3.8) is 0 Å². The van der Waals surface area contributed by atoms with Crippen LogP contribution < -0.4 is 0 Å². The van der Waals surface area contributed by atoms with Crippen LogP contribution in [0.1, 0.15) is 63.4 Å². The molecule has 1 heterocycles. The molecule has 2 aliphatic carbocycles. The normalized spacial score (nSPS) is 37.9. The molecule has 2 bridgehead atoms. The number of rotatable bonds is 6. The standard InChI is InChI=1S/C32H38O8/c1-20(33)38-23-16-18-30(4,36)32-26(34)24(29(2,3)40-32)25(37-19-17-21-12-8-6-9-13-21)27(31(23,32)5)39-28(35)22-14-10-7-11-15-22/h6-15,17,19,23-27,34,36H,16,18H2,1-5H3/t23-,24+,25-,26+,27-,30-,31-,32-/m0/s1. The Labute approximate surface area is 234 Å². The summed E-state index contributed by atoms with van der Waals surface area (Å²) >= 11 is 0. The van der Waals surface area contributed by atoms with Gasteiger partial charge in [0.1, 0.15) is 17.8 Å². The van der Waals surface area contributed by atoms with E-state index in [0.717, 1.165) is 5.56 Å². The van der Waals surface area contributed by atoms with E-state index >= 15 is 0 Å². The van der Waals surface area contributed by atoms with Crippen LogP contribution >= 0.6 is 0 Å². The predicted octanol–water partition coefficient (Wildman–Crippen LogP) is 4.29. The van der Waals surface area contributed by atoms with Gasteiger partial charge in [-0.3, -0.25) is 4.79 Å². The maximum Gasteiger partial charge on any atom is 0.338 e. The van der Waals surface area contributed by atoms with E-state index in [1.807, 2.05) is 44.2 Å². The largest absolute Gasteiger partial charge is 0.494 e. The van der Waals surface area contributed by atoms with Gasteiger partial charge in [-0.2, -0.15) is 0 Å². The molecule has 1 aliphatic heterocycles. The Hall–Kier alpha value is -3.20. The van der Waals surface area contributed by atoms with Gasteiger partial charge in [-0.25, -0.2) is 4.79 Å². The number of hydrogen-bond acceptors (Lipinski definition) is 8. The molecule has 2 saturated carbocycles. The van der Waals surface area contributed by atoms with Gasteiger partial charge >= 0.3 is 11.9 Å². The first-order valence-electron chi connectivity index (χ1n) is 13.8. The molecular weight excluding hydrogens is 512 g/mol. The van der Waals surface area contributed by atoms with Gasteiger partial charge in [0.15, 0.2) is 6.10 Å². The van der Waals surface area contributed by atoms with Crippen molar-refractivity contribution in [3.05, 3.63) is 78.1 Å². The molecule has 0 unspecified atom stereocenters. The molecule has 3 aliphatic rings. The topological polar surface area (TPSA) is 112 Å². The number of carbonyl (C=O) groups excluding carboxylic acids is 2. The van der Waals surface area contributed by atoms with E-state index in [2.05, 4.69) is 0 Å². The second-order valence-electron chi connectivity index (χ2n) is 12.1. The van der Waals surface area contributed by atoms with E-state index in [1.54, 1.807) is 50.3 Å². The van der Waals surface area contributed by atoms with E-state index < -0.39 is 64.5 Å². The molecule has 2 aromatic carbocycles. The molecule has 1 saturated heterocycles. The summed E-state index contributed by atoms with van der Waals surface area (Å²) in [4.78, 5) is 25.9. The van der Waals surface area contributed by atoms with E-state index in [0.29, 0.717) is 5.56 Å². The van der Waals surface area contributed by atoms with Crippen LogP contribution in [0.25, 0.3) is 6.08 Å². The summed E-state index contributed by atoms with van der Waals surface area (Å²) in [5.74, 6) is -1.81. The summed E-state index contributed by atoms with van der Waals surface area (Å²) in [6.07, 6.45) is -0.220. The highest BCUT2D eigenvalue weighted by atomic mass is 16.6. The van der Waals surface area contributed by atoms with Crippen LogP contribution in [-0.4, -0.2) is 63.4 Å². The number of aliphatic hydroxyl groups is 2. The average Bonchev–Trinajstić information content (AvgIpc) is 3.09. The summed E-state index contributed by atoms with van der Waals surface area (Å²) in [7, 11) is 0. The highest BCUT2D eigenvalue weighted by Gasteiger charge is 2.84. The van der Waals surface area contributed by atoms with Crippen molar-refractivity contribution in [1.29, 1.82) is 0 Å². The molecular formula is C32H38O8. The molecule has 8 nitrogen and oxygen atoms in total. The van der Waals surface area contributed by atoms with Crippen molar-refractivity contribution < 1.29 is 38.7 Å². The first-order valence-corrected chi connectivity index (χ1v) is 13.8. The van der Waals surface area contributed by atoms with Crippen LogP contribution in [0.4, 0.5) is 0 Å². The van der Waals surface area contributed by atoms with E-state index in [4.69, 9.17) is 18.9 Å². The zero-order chi connectivity index (χ0) is 28.9. The van der Waals surface area contributed by atoms with E-state index in [-0.39, 0.29) is 12.8 Å². The van der Waals surface area contributed by atoms with Crippen LogP contribution in [0.3, 0.4) is 0 Å². The Bertz CT molecular complexity index is 1270. The minimum Gasteiger partial charge on any atom is -0.494 e. The van der Waals surface area contributed by atoms with Crippen LogP contribution in [0.2, 0.25) is 0 Å². The van der Waals surface area contributed by atoms with Crippen molar-refractivity contribution >= 4 is 18.0 Å². The molecule has 40 heavy (non-hydrogen) atoms. The fraction of sp³-hybridized carbons (Fsp3) is 0.500. The van der Waals surface area contributed by atoms with Crippen LogP contribution in [0.15, 0.2) is 66.9 Å². The minimum absolute atomic E-state index is 0.208. The van der Waals surface area contributed by atoms with Crippen molar-refractivity contribution in [2.24, 2.45) is 11.3 Å². The van der Waals surface area contributed by atoms with Gasteiger partial charge in [0, 0.05) is 6.92 Å². The van der Waals surface area contributed by atoms with Crippen molar-refractivity contribution in [1.82, 2.24) is 0 Å². The Morgan fingerprint density at radius 3 is 2.23 bits per heavy atom. The second kappa shape index (κ2) is 10.0. The summed E-state index contributed by atoms with van der Waals surface area (Å²) in [5, 5.41) is 24.0. The van der Waals surface area contributed by atoms with Gasteiger partial charge in [0.25, 0.3) is 0 Å². The lowest BCUT2D eigenvalue weighted by molar-refractivity contribution is -0.335. The van der Waals surface area contributed by atoms with Gasteiger partial charge in [0.05, 0.1) is 40.5 Å². The zero-order valence-corrected chi connectivity index (χ0v) is 23.6. The lowest BCUT2D eigenvalue weighted by atomic mass is 9.47. The maximum atomic E-state index is 13.6. The SMILES string of the molecule is CC(=O)O[C@H]1CC[C@](C)(O)[C@]23OC(C)(C)[C@H]([C@H](OC=Cc4ccccc4)[C@H](OC(=O)c4ccccc4)[C@]12C)[C@H]3O. The number of fused-ring (bicyclic) bond motifs is 1. The minimum atomic E-state index is -1.63. The molecule has 8 atom stereocenters. The fourth-order valence-corrected chi connectivity index (χ4v) is 7.51. The fourth-order valence-electron chi connectivity index (χ4n) is 7.51. The third-order valence-electron chi connectivity index (χ3n) is 9.24. The molecule has 8 heteroatoms. The van der Waals surface area contributed by atoms with Crippen molar-refractivity contribution in [2.75, 3.05) is 0 Å². The molecule has 3 fully saturated rings. The smallest absolute Gasteiger partial charge is 0.338 e. The highest BCUT2D eigenvalue weighted by molar-refractivity contribution is 5.89. The van der Waals surface area contributed by atoms with Crippen molar-refractivity contribution in [2.45, 2.75) is 88.7 Å². The molecule has 5 rings (SSSR count). The van der Waals surface area contributed by atoms with E-state index in [1.165, 1.54) is 13.2 Å². The number of aliphatic hydroxyl groups excluding tert-OH is 1. The van der Waals surface area contributed by atoms with Gasteiger partial charge in [-0.05, 0) is 64.3 Å². The number of ether oxygens (including phenoxy) is 4. The Morgan fingerprint density at radius 2 is 1.60 bits per heavy atom. The monoisotopic (exact) mass is 550 g/mol. The molecule has 214 valence electrons. The Morgan fingerprint density at radius 1 is 0.975 bits per heavy atom. The van der Waals surface area contributed by atoms with Gasteiger partial charge in [0.2, 0.25) is 0 Å². The summed E-state index contributed by atoms with van der Waals surface area (Å²) in [6.45, 7) is 8.37. The molecule has 0 radical (unpaired) electrons. The molecule has 0 amide bonds. The summed E-state index contributed by atoms with van der Waals surface area (Å²) in [6, 6.07) is 18.2. The average molecular weight is 551 g/mol. The van der Waals surface area contributed by atoms with Crippen LogP contribution in [0, 0.1) is 11.3 Å². The zero-order valence-electron chi connectivity index (χ0n) is 23.6. The predicted molar refractivity (Wildman–Crippen MR) is 147 cm³/mol. The number of benzene rings is 2. The lowest BCUT2D eigenvalue weighted by Gasteiger charge is -2.64. The summed E-state index contributed by atoms with van der Waals surface area (Å²) in [5.41, 5.74) is -4.31. The molecule has 2 N–H and O–H groups in total. The number of esters is 2. The molecule has 2 aromatic rings. The lowest BCUT2D eigenvalue weighted by Crippen LogP contribution is -2.81. The Balaban J connectivity index is 1.67. The number of hydrogen-bond donors (Lipinski definition) is 2. The third-order valence-corrected chi connectivity index (χ3v) is 9.24. The Kier molecular flexibility index (Phi) is 7.09. The summed E-state index contributed by atoms with van der Waals surface area (Å²) < 4.78 is 25.3.